The zero-order valence-corrected chi connectivity index (χ0v) is 19.2. The number of likely N-dealkylation sites (tertiary alicyclic amines) is 1. The van der Waals surface area contributed by atoms with Gasteiger partial charge in [0.1, 0.15) is 18.2 Å². The van der Waals surface area contributed by atoms with Gasteiger partial charge in [0.05, 0.1) is 6.04 Å². The van der Waals surface area contributed by atoms with Crippen LogP contribution >= 0.6 is 0 Å². The average Bonchev–Trinajstić information content (AvgIpc) is 3.20. The fourth-order valence-corrected chi connectivity index (χ4v) is 3.60. The maximum Gasteiger partial charge on any atom is 0.411 e. The molecule has 0 aromatic heterocycles. The summed E-state index contributed by atoms with van der Waals surface area (Å²) in [4.78, 5) is 39.7. The van der Waals surface area contributed by atoms with Gasteiger partial charge in [0.15, 0.2) is 0 Å². The maximum atomic E-state index is 13.1. The molecule has 0 spiro atoms. The van der Waals surface area contributed by atoms with Crippen LogP contribution in [0.2, 0.25) is 0 Å². The van der Waals surface area contributed by atoms with E-state index in [0.717, 1.165) is 11.1 Å². The van der Waals surface area contributed by atoms with Gasteiger partial charge in [-0.05, 0) is 38.3 Å². The van der Waals surface area contributed by atoms with Crippen LogP contribution in [0.3, 0.4) is 0 Å². The molecule has 1 aliphatic heterocycles. The second-order valence-corrected chi connectivity index (χ2v) is 8.92. The number of amides is 3. The van der Waals surface area contributed by atoms with Crippen LogP contribution in [0, 0.1) is 0 Å². The second-order valence-electron chi connectivity index (χ2n) is 8.92. The number of hydrogen-bond acceptors (Lipinski definition) is 5. The van der Waals surface area contributed by atoms with Gasteiger partial charge in [0.25, 0.3) is 0 Å². The molecule has 1 saturated heterocycles. The third kappa shape index (κ3) is 7.24. The highest BCUT2D eigenvalue weighted by atomic mass is 16.6. The summed E-state index contributed by atoms with van der Waals surface area (Å²) < 4.78 is 10.8. The normalized spacial score (nSPS) is 17.8. The molecule has 1 fully saturated rings. The first-order valence-electron chi connectivity index (χ1n) is 11.0. The second kappa shape index (κ2) is 10.8. The van der Waals surface area contributed by atoms with E-state index in [9.17, 15) is 14.4 Å². The van der Waals surface area contributed by atoms with Crippen molar-refractivity contribution in [1.29, 1.82) is 0 Å². The lowest BCUT2D eigenvalue weighted by Crippen LogP contribution is -2.55. The molecule has 0 radical (unpaired) electrons. The molecule has 2 atom stereocenters. The third-order valence-electron chi connectivity index (χ3n) is 5.12. The van der Waals surface area contributed by atoms with E-state index >= 15 is 0 Å². The first kappa shape index (κ1) is 24.1. The number of carbonyl (C=O) groups excluding carboxylic acids is 3. The standard InChI is InChI=1S/C25H31N3O5/c1-25(2,3)33-24(31)28-15-14-20(27-23(30)32-17-19-12-8-5-9-13-19)21(28)22(29)26-16-18-10-6-4-7-11-18/h4-13,20-21H,14-17H2,1-3H3,(H,26,29)(H,27,30)/t20-,21-/m1/s1. The quantitative estimate of drug-likeness (QED) is 0.697. The zero-order valence-electron chi connectivity index (χ0n) is 19.2. The fraction of sp³-hybridized carbons (Fsp3) is 0.400. The van der Waals surface area contributed by atoms with E-state index < -0.39 is 29.9 Å². The molecule has 8 heteroatoms. The van der Waals surface area contributed by atoms with Crippen LogP contribution in [0.4, 0.5) is 9.59 Å². The van der Waals surface area contributed by atoms with Crippen molar-refractivity contribution in [3.8, 4) is 0 Å². The number of benzene rings is 2. The molecule has 176 valence electrons. The Bertz CT molecular complexity index is 944. The average molecular weight is 454 g/mol. The molecule has 0 bridgehead atoms. The minimum absolute atomic E-state index is 0.111. The van der Waals surface area contributed by atoms with Gasteiger partial charge in [0.2, 0.25) is 5.91 Å². The van der Waals surface area contributed by atoms with Crippen molar-refractivity contribution in [3.63, 3.8) is 0 Å². The van der Waals surface area contributed by atoms with Gasteiger partial charge in [-0.25, -0.2) is 9.59 Å². The predicted molar refractivity (Wildman–Crippen MR) is 123 cm³/mol. The molecule has 1 heterocycles. The van der Waals surface area contributed by atoms with Crippen LogP contribution in [-0.4, -0.2) is 47.2 Å². The Kier molecular flexibility index (Phi) is 7.92. The van der Waals surface area contributed by atoms with Crippen LogP contribution < -0.4 is 10.6 Å². The number of nitrogens with zero attached hydrogens (tertiary/aromatic N) is 1. The molecule has 2 aromatic carbocycles. The summed E-state index contributed by atoms with van der Waals surface area (Å²) in [7, 11) is 0. The van der Waals surface area contributed by atoms with E-state index in [4.69, 9.17) is 9.47 Å². The van der Waals surface area contributed by atoms with Crippen molar-refractivity contribution in [3.05, 3.63) is 71.8 Å². The van der Waals surface area contributed by atoms with Crippen LogP contribution in [0.5, 0.6) is 0 Å². The highest BCUT2D eigenvalue weighted by molar-refractivity contribution is 5.88. The van der Waals surface area contributed by atoms with E-state index in [0.29, 0.717) is 13.0 Å². The van der Waals surface area contributed by atoms with Crippen LogP contribution in [0.15, 0.2) is 60.7 Å². The summed E-state index contributed by atoms with van der Waals surface area (Å²) in [5, 5.41) is 5.62. The van der Waals surface area contributed by atoms with Gasteiger partial charge in [-0.15, -0.1) is 0 Å². The van der Waals surface area contributed by atoms with Gasteiger partial charge < -0.3 is 20.1 Å². The van der Waals surface area contributed by atoms with Crippen molar-refractivity contribution in [2.24, 2.45) is 0 Å². The first-order valence-corrected chi connectivity index (χ1v) is 11.0. The van der Waals surface area contributed by atoms with Gasteiger partial charge in [-0.2, -0.15) is 0 Å². The Balaban J connectivity index is 1.67. The molecule has 2 aromatic rings. The third-order valence-corrected chi connectivity index (χ3v) is 5.12. The Morgan fingerprint density at radius 2 is 1.58 bits per heavy atom. The Morgan fingerprint density at radius 1 is 0.970 bits per heavy atom. The molecule has 3 amide bonds. The van der Waals surface area contributed by atoms with Crippen molar-refractivity contribution in [2.45, 2.75) is 58.0 Å². The van der Waals surface area contributed by atoms with E-state index in [-0.39, 0.29) is 19.1 Å². The van der Waals surface area contributed by atoms with Crippen LogP contribution in [0.1, 0.15) is 38.3 Å². The van der Waals surface area contributed by atoms with Crippen molar-refractivity contribution >= 4 is 18.1 Å². The van der Waals surface area contributed by atoms with E-state index in [1.807, 2.05) is 60.7 Å². The smallest absolute Gasteiger partial charge is 0.411 e. The molecule has 0 unspecified atom stereocenters. The fourth-order valence-electron chi connectivity index (χ4n) is 3.60. The van der Waals surface area contributed by atoms with E-state index in [1.54, 1.807) is 20.8 Å². The number of ether oxygens (including phenoxy) is 2. The molecule has 33 heavy (non-hydrogen) atoms. The lowest BCUT2D eigenvalue weighted by Gasteiger charge is -2.30. The largest absolute Gasteiger partial charge is 0.445 e. The van der Waals surface area contributed by atoms with E-state index in [2.05, 4.69) is 10.6 Å². The predicted octanol–water partition coefficient (Wildman–Crippen LogP) is 3.61. The highest BCUT2D eigenvalue weighted by Gasteiger charge is 2.44. The van der Waals surface area contributed by atoms with Crippen molar-refractivity contribution < 1.29 is 23.9 Å². The molecular weight excluding hydrogens is 422 g/mol. The number of rotatable bonds is 6. The number of hydrogen-bond donors (Lipinski definition) is 2. The summed E-state index contributed by atoms with van der Waals surface area (Å²) >= 11 is 0. The van der Waals surface area contributed by atoms with Gasteiger partial charge in [0, 0.05) is 13.1 Å². The maximum absolute atomic E-state index is 13.1. The van der Waals surface area contributed by atoms with Crippen LogP contribution in [-0.2, 0) is 27.4 Å². The Labute approximate surface area is 194 Å². The lowest BCUT2D eigenvalue weighted by atomic mass is 10.1. The first-order chi connectivity index (χ1) is 15.7. The Morgan fingerprint density at radius 3 is 2.18 bits per heavy atom. The molecule has 0 saturated carbocycles. The van der Waals surface area contributed by atoms with Crippen LogP contribution in [0.25, 0.3) is 0 Å². The monoisotopic (exact) mass is 453 g/mol. The summed E-state index contributed by atoms with van der Waals surface area (Å²) in [5.74, 6) is -0.365. The minimum Gasteiger partial charge on any atom is -0.445 e. The molecule has 8 nitrogen and oxygen atoms in total. The SMILES string of the molecule is CC(C)(C)OC(=O)N1CC[C@@H](NC(=O)OCc2ccccc2)[C@@H]1C(=O)NCc1ccccc1. The number of carbonyl (C=O) groups is 3. The summed E-state index contributed by atoms with van der Waals surface area (Å²) in [6.07, 6.45) is -0.830. The zero-order chi connectivity index (χ0) is 23.8. The Hall–Kier alpha value is -3.55. The number of alkyl carbamates (subject to hydrolysis) is 1. The van der Waals surface area contributed by atoms with Gasteiger partial charge in [-0.3, -0.25) is 9.69 Å². The summed E-state index contributed by atoms with van der Waals surface area (Å²) in [6, 6.07) is 17.3. The molecule has 1 aliphatic rings. The van der Waals surface area contributed by atoms with Gasteiger partial charge in [-0.1, -0.05) is 60.7 Å². The molecule has 3 rings (SSSR count). The molecule has 2 N–H and O–H groups in total. The van der Waals surface area contributed by atoms with E-state index in [1.165, 1.54) is 4.90 Å². The van der Waals surface area contributed by atoms with Gasteiger partial charge >= 0.3 is 12.2 Å². The van der Waals surface area contributed by atoms with Crippen molar-refractivity contribution in [2.75, 3.05) is 6.54 Å². The highest BCUT2D eigenvalue weighted by Crippen LogP contribution is 2.22. The topological polar surface area (TPSA) is 97.0 Å². The molecular formula is C25H31N3O5. The molecule has 0 aliphatic carbocycles. The summed E-state index contributed by atoms with van der Waals surface area (Å²) in [5.41, 5.74) is 1.08. The van der Waals surface area contributed by atoms with Crippen molar-refractivity contribution in [1.82, 2.24) is 15.5 Å². The minimum atomic E-state index is -0.909. The number of nitrogens with one attached hydrogen (secondary N) is 2. The summed E-state index contributed by atoms with van der Waals surface area (Å²) in [6.45, 7) is 6.00. The lowest BCUT2D eigenvalue weighted by molar-refractivity contribution is -0.126.